The molecule has 0 aliphatic carbocycles. The molecule has 2 aromatic rings. The zero-order valence-electron chi connectivity index (χ0n) is 11.0. The van der Waals surface area contributed by atoms with Crippen LogP contribution in [0.15, 0.2) is 42.5 Å². The van der Waals surface area contributed by atoms with Crippen molar-refractivity contribution in [2.75, 3.05) is 18.5 Å². The van der Waals surface area contributed by atoms with Crippen LogP contribution in [0, 0.1) is 5.82 Å². The normalized spacial score (nSPS) is 12.0. The highest BCUT2D eigenvalue weighted by Gasteiger charge is 2.08. The van der Waals surface area contributed by atoms with E-state index >= 15 is 0 Å². The fourth-order valence-electron chi connectivity index (χ4n) is 1.70. The molecule has 0 aliphatic rings. The summed E-state index contributed by atoms with van der Waals surface area (Å²) in [7, 11) is 0. The van der Waals surface area contributed by atoms with Crippen LogP contribution in [-0.2, 0) is 0 Å². The van der Waals surface area contributed by atoms with Gasteiger partial charge in [-0.2, -0.15) is 0 Å². The Kier molecular flexibility index (Phi) is 5.67. The first-order valence-electron chi connectivity index (χ1n) is 6.30. The van der Waals surface area contributed by atoms with Gasteiger partial charge in [0, 0.05) is 17.3 Å². The SMILES string of the molecule is OC(CNc1cc(F)cc(Cl)c1)COc1ccccc1Cl. The Balaban J connectivity index is 1.82. The van der Waals surface area contributed by atoms with Gasteiger partial charge in [0.15, 0.2) is 0 Å². The predicted octanol–water partition coefficient (Wildman–Crippen LogP) is 3.98. The molecule has 0 bridgehead atoms. The molecule has 3 nitrogen and oxygen atoms in total. The molecular weight excluding hydrogens is 316 g/mol. The largest absolute Gasteiger partial charge is 0.489 e. The summed E-state index contributed by atoms with van der Waals surface area (Å²) in [6, 6.07) is 11.1. The number of benzene rings is 2. The molecule has 2 rings (SSSR count). The molecule has 0 heterocycles. The molecule has 1 unspecified atom stereocenters. The summed E-state index contributed by atoms with van der Waals surface area (Å²) in [5.74, 6) is 0.0684. The Bertz CT molecular complexity index is 590. The van der Waals surface area contributed by atoms with Crippen molar-refractivity contribution in [3.63, 3.8) is 0 Å². The zero-order chi connectivity index (χ0) is 15.2. The highest BCUT2D eigenvalue weighted by molar-refractivity contribution is 6.32. The van der Waals surface area contributed by atoms with Gasteiger partial charge in [-0.1, -0.05) is 35.3 Å². The van der Waals surface area contributed by atoms with E-state index in [1.165, 1.54) is 12.1 Å². The van der Waals surface area contributed by atoms with Crippen LogP contribution in [0.5, 0.6) is 5.75 Å². The minimum absolute atomic E-state index is 0.0692. The highest BCUT2D eigenvalue weighted by atomic mass is 35.5. The van der Waals surface area contributed by atoms with Crippen LogP contribution >= 0.6 is 23.2 Å². The summed E-state index contributed by atoms with van der Waals surface area (Å²) in [5.41, 5.74) is 0.497. The first kappa shape index (κ1) is 15.9. The maximum atomic E-state index is 13.1. The Morgan fingerprint density at radius 2 is 1.95 bits per heavy atom. The molecule has 2 N–H and O–H groups in total. The lowest BCUT2D eigenvalue weighted by atomic mass is 10.3. The number of aliphatic hydroxyl groups excluding tert-OH is 1. The number of ether oxygens (including phenoxy) is 1. The monoisotopic (exact) mass is 329 g/mol. The van der Waals surface area contributed by atoms with Gasteiger partial charge in [-0.15, -0.1) is 0 Å². The Hall–Kier alpha value is -1.49. The molecule has 0 aromatic heterocycles. The Morgan fingerprint density at radius 1 is 1.19 bits per heavy atom. The minimum atomic E-state index is -0.775. The molecule has 112 valence electrons. The lowest BCUT2D eigenvalue weighted by molar-refractivity contribution is 0.117. The lowest BCUT2D eigenvalue weighted by Gasteiger charge is -2.15. The van der Waals surface area contributed by atoms with Crippen molar-refractivity contribution in [2.24, 2.45) is 0 Å². The third kappa shape index (κ3) is 5.08. The molecule has 21 heavy (non-hydrogen) atoms. The molecule has 6 heteroatoms. The number of rotatable bonds is 6. The lowest BCUT2D eigenvalue weighted by Crippen LogP contribution is -2.26. The van der Waals surface area contributed by atoms with Crippen LogP contribution in [0.4, 0.5) is 10.1 Å². The molecule has 1 atom stereocenters. The first-order chi connectivity index (χ1) is 10.0. The molecule has 0 radical (unpaired) electrons. The Morgan fingerprint density at radius 3 is 2.67 bits per heavy atom. The molecule has 0 spiro atoms. The quantitative estimate of drug-likeness (QED) is 0.842. The van der Waals surface area contributed by atoms with Crippen molar-refractivity contribution in [1.82, 2.24) is 0 Å². The van der Waals surface area contributed by atoms with Crippen molar-refractivity contribution in [1.29, 1.82) is 0 Å². The smallest absolute Gasteiger partial charge is 0.138 e. The van der Waals surface area contributed by atoms with Gasteiger partial charge >= 0.3 is 0 Å². The molecule has 0 amide bonds. The van der Waals surface area contributed by atoms with Gasteiger partial charge in [-0.05, 0) is 30.3 Å². The summed E-state index contributed by atoms with van der Waals surface area (Å²) >= 11 is 11.7. The van der Waals surface area contributed by atoms with Crippen molar-refractivity contribution in [3.05, 3.63) is 58.3 Å². The number of hydrogen-bond acceptors (Lipinski definition) is 3. The third-order valence-electron chi connectivity index (χ3n) is 2.67. The number of para-hydroxylation sites is 1. The summed E-state index contributed by atoms with van der Waals surface area (Å²) in [4.78, 5) is 0. The number of nitrogens with one attached hydrogen (secondary N) is 1. The van der Waals surface area contributed by atoms with E-state index in [4.69, 9.17) is 27.9 Å². The van der Waals surface area contributed by atoms with Crippen molar-refractivity contribution in [2.45, 2.75) is 6.10 Å². The van der Waals surface area contributed by atoms with E-state index in [-0.39, 0.29) is 13.2 Å². The van der Waals surface area contributed by atoms with Gasteiger partial charge in [0.25, 0.3) is 0 Å². The van der Waals surface area contributed by atoms with E-state index in [1.807, 2.05) is 0 Å². The number of halogens is 3. The van der Waals surface area contributed by atoms with E-state index in [2.05, 4.69) is 5.32 Å². The first-order valence-corrected chi connectivity index (χ1v) is 7.05. The van der Waals surface area contributed by atoms with E-state index in [0.29, 0.717) is 21.5 Å². The highest BCUT2D eigenvalue weighted by Crippen LogP contribution is 2.23. The van der Waals surface area contributed by atoms with E-state index in [1.54, 1.807) is 30.3 Å². The van der Waals surface area contributed by atoms with Crippen molar-refractivity contribution >= 4 is 28.9 Å². The second kappa shape index (κ2) is 7.50. The Labute approximate surface area is 132 Å². The van der Waals surface area contributed by atoms with Crippen LogP contribution < -0.4 is 10.1 Å². The second-order valence-corrected chi connectivity index (χ2v) is 5.28. The molecule has 0 aliphatic heterocycles. The molecule has 0 fully saturated rings. The molecule has 2 aromatic carbocycles. The van der Waals surface area contributed by atoms with Gasteiger partial charge < -0.3 is 15.2 Å². The number of anilines is 1. The predicted molar refractivity (Wildman–Crippen MR) is 82.9 cm³/mol. The van der Waals surface area contributed by atoms with Crippen LogP contribution in [0.3, 0.4) is 0 Å². The van der Waals surface area contributed by atoms with Crippen LogP contribution in [-0.4, -0.2) is 24.4 Å². The molecule has 0 saturated carbocycles. The van der Waals surface area contributed by atoms with Crippen LogP contribution in [0.2, 0.25) is 10.0 Å². The zero-order valence-corrected chi connectivity index (χ0v) is 12.5. The van der Waals surface area contributed by atoms with E-state index < -0.39 is 11.9 Å². The summed E-state index contributed by atoms with van der Waals surface area (Å²) in [5, 5.41) is 13.5. The van der Waals surface area contributed by atoms with Gasteiger partial charge in [0.05, 0.1) is 5.02 Å². The fourth-order valence-corrected chi connectivity index (χ4v) is 2.11. The van der Waals surface area contributed by atoms with E-state index in [0.717, 1.165) is 0 Å². The summed E-state index contributed by atoms with van der Waals surface area (Å²) < 4.78 is 18.6. The molecule has 0 saturated heterocycles. The summed E-state index contributed by atoms with van der Waals surface area (Å²) in [6.07, 6.45) is -0.775. The topological polar surface area (TPSA) is 41.5 Å². The van der Waals surface area contributed by atoms with Crippen molar-refractivity contribution in [3.8, 4) is 5.75 Å². The van der Waals surface area contributed by atoms with Crippen LogP contribution in [0.25, 0.3) is 0 Å². The number of aliphatic hydroxyl groups is 1. The van der Waals surface area contributed by atoms with Gasteiger partial charge in [-0.25, -0.2) is 4.39 Å². The van der Waals surface area contributed by atoms with Gasteiger partial charge in [0.2, 0.25) is 0 Å². The maximum absolute atomic E-state index is 13.1. The fraction of sp³-hybridized carbons (Fsp3) is 0.200. The average molecular weight is 330 g/mol. The van der Waals surface area contributed by atoms with Crippen LogP contribution in [0.1, 0.15) is 0 Å². The third-order valence-corrected chi connectivity index (χ3v) is 3.20. The average Bonchev–Trinajstić information content (AvgIpc) is 2.43. The summed E-state index contributed by atoms with van der Waals surface area (Å²) in [6.45, 7) is 0.268. The van der Waals surface area contributed by atoms with E-state index in [9.17, 15) is 9.50 Å². The van der Waals surface area contributed by atoms with Gasteiger partial charge in [0.1, 0.15) is 24.3 Å². The maximum Gasteiger partial charge on any atom is 0.138 e. The van der Waals surface area contributed by atoms with Gasteiger partial charge in [-0.3, -0.25) is 0 Å². The number of hydrogen-bond donors (Lipinski definition) is 2. The molecular formula is C15H14Cl2FNO2. The standard InChI is InChI=1S/C15H14Cl2FNO2/c16-10-5-11(18)7-12(6-10)19-8-13(20)9-21-15-4-2-1-3-14(15)17/h1-7,13,19-20H,8-9H2. The minimum Gasteiger partial charge on any atom is -0.489 e. The second-order valence-electron chi connectivity index (χ2n) is 4.43. The van der Waals surface area contributed by atoms with Crippen molar-refractivity contribution < 1.29 is 14.2 Å².